The van der Waals surface area contributed by atoms with Gasteiger partial charge < -0.3 is 9.15 Å². The van der Waals surface area contributed by atoms with E-state index in [-0.39, 0.29) is 12.5 Å². The summed E-state index contributed by atoms with van der Waals surface area (Å²) < 4.78 is 10.7. The third kappa shape index (κ3) is 3.68. The van der Waals surface area contributed by atoms with E-state index in [9.17, 15) is 4.79 Å². The first-order valence-electron chi connectivity index (χ1n) is 7.02. The molecular formula is C14H17N3O3S. The first-order valence-corrected chi connectivity index (χ1v) is 7.90. The van der Waals surface area contributed by atoms with Crippen LogP contribution in [-0.4, -0.2) is 40.3 Å². The second-order valence-electron chi connectivity index (χ2n) is 4.92. The van der Waals surface area contributed by atoms with Crippen molar-refractivity contribution in [1.29, 1.82) is 0 Å². The minimum atomic E-state index is -0.206. The Hall–Kier alpha value is -1.73. The summed E-state index contributed by atoms with van der Waals surface area (Å²) in [6.45, 7) is 2.97. The minimum absolute atomic E-state index is 0.206. The van der Waals surface area contributed by atoms with Gasteiger partial charge in [0.15, 0.2) is 0 Å². The number of rotatable bonds is 7. The molecule has 0 bridgehead atoms. The van der Waals surface area contributed by atoms with Crippen molar-refractivity contribution in [3.05, 3.63) is 23.4 Å². The van der Waals surface area contributed by atoms with Gasteiger partial charge in [-0.05, 0) is 31.2 Å². The van der Waals surface area contributed by atoms with Crippen LogP contribution in [0.15, 0.2) is 21.9 Å². The van der Waals surface area contributed by atoms with E-state index in [0.29, 0.717) is 31.0 Å². The lowest BCUT2D eigenvalue weighted by molar-refractivity contribution is -0.144. The summed E-state index contributed by atoms with van der Waals surface area (Å²) in [5.74, 6) is 0.865. The standard InChI is InChI=1S/C14H17N3O3S/c1-2-19-13(18)9-17(10-5-6-10)8-12-15-16-14(20-12)11-4-3-7-21-11/h3-4,7,10H,2,5-6,8-9H2,1H3. The number of aromatic nitrogens is 2. The molecule has 0 unspecified atom stereocenters. The molecule has 1 aliphatic carbocycles. The highest BCUT2D eigenvalue weighted by Crippen LogP contribution is 2.29. The third-order valence-electron chi connectivity index (χ3n) is 3.24. The summed E-state index contributed by atoms with van der Waals surface area (Å²) in [5.41, 5.74) is 0. The van der Waals surface area contributed by atoms with Crippen LogP contribution in [0.5, 0.6) is 0 Å². The molecule has 0 atom stereocenters. The summed E-state index contributed by atoms with van der Waals surface area (Å²) >= 11 is 1.56. The first kappa shape index (κ1) is 14.2. The number of nitrogens with zero attached hydrogens (tertiary/aromatic N) is 3. The van der Waals surface area contributed by atoms with E-state index in [1.165, 1.54) is 0 Å². The van der Waals surface area contributed by atoms with E-state index < -0.39 is 0 Å². The van der Waals surface area contributed by atoms with Gasteiger partial charge in [-0.15, -0.1) is 21.5 Å². The Bertz CT molecular complexity index is 592. The van der Waals surface area contributed by atoms with Crippen molar-refractivity contribution in [2.75, 3.05) is 13.2 Å². The summed E-state index contributed by atoms with van der Waals surface area (Å²) in [6.07, 6.45) is 2.21. The smallest absolute Gasteiger partial charge is 0.320 e. The molecule has 112 valence electrons. The maximum atomic E-state index is 11.6. The van der Waals surface area contributed by atoms with Crippen LogP contribution in [0.25, 0.3) is 10.8 Å². The van der Waals surface area contributed by atoms with Crippen molar-refractivity contribution in [2.45, 2.75) is 32.4 Å². The van der Waals surface area contributed by atoms with Gasteiger partial charge in [-0.25, -0.2) is 0 Å². The monoisotopic (exact) mass is 307 g/mol. The van der Waals surface area contributed by atoms with Crippen molar-refractivity contribution >= 4 is 17.3 Å². The molecule has 0 radical (unpaired) electrons. The van der Waals surface area contributed by atoms with Gasteiger partial charge in [-0.1, -0.05) is 6.07 Å². The molecule has 0 aliphatic heterocycles. The van der Waals surface area contributed by atoms with Crippen LogP contribution in [0.1, 0.15) is 25.7 Å². The van der Waals surface area contributed by atoms with Crippen LogP contribution in [-0.2, 0) is 16.1 Å². The normalized spacial score (nSPS) is 14.6. The quantitative estimate of drug-likeness (QED) is 0.731. The summed E-state index contributed by atoms with van der Waals surface area (Å²) in [5, 5.41) is 10.1. The largest absolute Gasteiger partial charge is 0.465 e. The number of thiophene rings is 1. The molecule has 0 spiro atoms. The lowest BCUT2D eigenvalue weighted by Crippen LogP contribution is -2.32. The number of esters is 1. The van der Waals surface area contributed by atoms with Crippen molar-refractivity contribution < 1.29 is 13.9 Å². The number of ether oxygens (including phenoxy) is 1. The zero-order chi connectivity index (χ0) is 14.7. The number of hydrogen-bond acceptors (Lipinski definition) is 7. The van der Waals surface area contributed by atoms with Gasteiger partial charge in [0, 0.05) is 6.04 Å². The Morgan fingerprint density at radius 2 is 2.38 bits per heavy atom. The molecule has 21 heavy (non-hydrogen) atoms. The topological polar surface area (TPSA) is 68.5 Å². The molecule has 0 aromatic carbocycles. The van der Waals surface area contributed by atoms with Gasteiger partial charge in [-0.3, -0.25) is 9.69 Å². The lowest BCUT2D eigenvalue weighted by atomic mass is 10.4. The van der Waals surface area contributed by atoms with Gasteiger partial charge >= 0.3 is 5.97 Å². The van der Waals surface area contributed by atoms with E-state index in [1.807, 2.05) is 29.3 Å². The van der Waals surface area contributed by atoms with Gasteiger partial charge in [0.1, 0.15) is 0 Å². The Kier molecular flexibility index (Phi) is 4.31. The Morgan fingerprint density at radius 1 is 1.52 bits per heavy atom. The van der Waals surface area contributed by atoms with Crippen molar-refractivity contribution in [3.63, 3.8) is 0 Å². The molecule has 0 N–H and O–H groups in total. The fraction of sp³-hybridized carbons (Fsp3) is 0.500. The lowest BCUT2D eigenvalue weighted by Gasteiger charge is -2.18. The average molecular weight is 307 g/mol. The minimum Gasteiger partial charge on any atom is -0.465 e. The van der Waals surface area contributed by atoms with Gasteiger partial charge in [0.25, 0.3) is 5.89 Å². The second kappa shape index (κ2) is 6.36. The predicted octanol–water partition coefficient (Wildman–Crippen LogP) is 2.33. The molecule has 1 saturated carbocycles. The van der Waals surface area contributed by atoms with Gasteiger partial charge in [-0.2, -0.15) is 0 Å². The maximum absolute atomic E-state index is 11.6. The predicted molar refractivity (Wildman–Crippen MR) is 77.7 cm³/mol. The zero-order valence-corrected chi connectivity index (χ0v) is 12.6. The second-order valence-corrected chi connectivity index (χ2v) is 5.87. The third-order valence-corrected chi connectivity index (χ3v) is 4.10. The van der Waals surface area contributed by atoms with Gasteiger partial charge in [0.05, 0.1) is 24.6 Å². The molecule has 2 aromatic rings. The van der Waals surface area contributed by atoms with Gasteiger partial charge in [0.2, 0.25) is 5.89 Å². The molecule has 7 heteroatoms. The summed E-state index contributed by atoms with van der Waals surface area (Å²) in [6, 6.07) is 4.31. The van der Waals surface area contributed by atoms with E-state index in [1.54, 1.807) is 11.3 Å². The molecule has 2 aromatic heterocycles. The van der Waals surface area contributed by atoms with E-state index in [4.69, 9.17) is 9.15 Å². The van der Waals surface area contributed by atoms with Crippen molar-refractivity contribution in [2.24, 2.45) is 0 Å². The summed E-state index contributed by atoms with van der Waals surface area (Å²) in [7, 11) is 0. The molecular weight excluding hydrogens is 290 g/mol. The Balaban J connectivity index is 1.64. The zero-order valence-electron chi connectivity index (χ0n) is 11.8. The fourth-order valence-electron chi connectivity index (χ4n) is 2.12. The number of hydrogen-bond donors (Lipinski definition) is 0. The highest BCUT2D eigenvalue weighted by Gasteiger charge is 2.31. The first-order chi connectivity index (χ1) is 10.3. The van der Waals surface area contributed by atoms with E-state index in [0.717, 1.165) is 17.7 Å². The highest BCUT2D eigenvalue weighted by molar-refractivity contribution is 7.13. The molecule has 6 nitrogen and oxygen atoms in total. The van der Waals surface area contributed by atoms with Crippen LogP contribution in [0, 0.1) is 0 Å². The number of carbonyl (C=O) groups excluding carboxylic acids is 1. The van der Waals surface area contributed by atoms with Crippen LogP contribution in [0.2, 0.25) is 0 Å². The van der Waals surface area contributed by atoms with Crippen molar-refractivity contribution in [3.8, 4) is 10.8 Å². The maximum Gasteiger partial charge on any atom is 0.320 e. The van der Waals surface area contributed by atoms with E-state index >= 15 is 0 Å². The Labute approximate surface area is 126 Å². The van der Waals surface area contributed by atoms with Crippen molar-refractivity contribution in [1.82, 2.24) is 15.1 Å². The van der Waals surface area contributed by atoms with E-state index in [2.05, 4.69) is 10.2 Å². The SMILES string of the molecule is CCOC(=O)CN(Cc1nnc(-c2cccs2)o1)C1CC1. The average Bonchev–Trinajstić information content (AvgIpc) is 2.98. The Morgan fingerprint density at radius 3 is 3.05 bits per heavy atom. The molecule has 1 aliphatic rings. The van der Waals surface area contributed by atoms with Crippen LogP contribution in [0.3, 0.4) is 0 Å². The van der Waals surface area contributed by atoms with Crippen LogP contribution < -0.4 is 0 Å². The highest BCUT2D eigenvalue weighted by atomic mass is 32.1. The molecule has 3 rings (SSSR count). The summed E-state index contributed by atoms with van der Waals surface area (Å²) in [4.78, 5) is 14.6. The van der Waals surface area contributed by atoms with Crippen LogP contribution >= 0.6 is 11.3 Å². The molecule has 1 fully saturated rings. The number of carbonyl (C=O) groups is 1. The molecule has 0 amide bonds. The van der Waals surface area contributed by atoms with Crippen LogP contribution in [0.4, 0.5) is 0 Å². The molecule has 2 heterocycles. The molecule has 0 saturated heterocycles. The fourth-order valence-corrected chi connectivity index (χ4v) is 2.76.